The number of rotatable bonds is 2. The highest BCUT2D eigenvalue weighted by Gasteiger charge is 2.18. The van der Waals surface area contributed by atoms with Crippen molar-refractivity contribution in [3.05, 3.63) is 33.7 Å². The van der Waals surface area contributed by atoms with Crippen molar-refractivity contribution in [1.82, 2.24) is 9.55 Å². The molecule has 0 saturated carbocycles. The van der Waals surface area contributed by atoms with E-state index in [1.165, 1.54) is 11.1 Å². The second-order valence-corrected chi connectivity index (χ2v) is 5.27. The topological polar surface area (TPSA) is 27.1 Å². The van der Waals surface area contributed by atoms with Crippen molar-refractivity contribution in [2.75, 3.05) is 7.11 Å². The van der Waals surface area contributed by atoms with E-state index in [-0.39, 0.29) is 0 Å². The highest BCUT2D eigenvalue weighted by molar-refractivity contribution is 9.10. The van der Waals surface area contributed by atoms with Crippen molar-refractivity contribution >= 4 is 15.9 Å². The molecular weight excluding hydrogens is 292 g/mol. The monoisotopic (exact) mass is 308 g/mol. The Kier molecular flexibility index (Phi) is 3.48. The minimum Gasteiger partial charge on any atom is -0.496 e. The molecule has 18 heavy (non-hydrogen) atoms. The van der Waals surface area contributed by atoms with Gasteiger partial charge >= 0.3 is 0 Å². The molecule has 0 aliphatic carbocycles. The summed E-state index contributed by atoms with van der Waals surface area (Å²) in [5, 5.41) is 0. The molecule has 0 atom stereocenters. The Morgan fingerprint density at radius 1 is 1.22 bits per heavy atom. The van der Waals surface area contributed by atoms with Gasteiger partial charge in [0.1, 0.15) is 21.9 Å². The second-order valence-electron chi connectivity index (χ2n) is 4.52. The number of aromatic nitrogens is 2. The zero-order valence-corrected chi connectivity index (χ0v) is 12.9. The van der Waals surface area contributed by atoms with E-state index >= 15 is 0 Å². The fraction of sp³-hybridized carbons (Fsp3) is 0.357. The maximum absolute atomic E-state index is 5.50. The zero-order chi connectivity index (χ0) is 13.4. The summed E-state index contributed by atoms with van der Waals surface area (Å²) in [6.45, 7) is 6.14. The fourth-order valence-corrected chi connectivity index (χ4v) is 2.68. The van der Waals surface area contributed by atoms with E-state index in [4.69, 9.17) is 4.74 Å². The van der Waals surface area contributed by atoms with E-state index in [0.29, 0.717) is 0 Å². The Balaban J connectivity index is 2.74. The summed E-state index contributed by atoms with van der Waals surface area (Å²) in [6.07, 6.45) is 0. The molecular formula is C14H17BrN2O. The Bertz CT molecular complexity index is 602. The first-order chi connectivity index (χ1) is 8.45. The van der Waals surface area contributed by atoms with Gasteiger partial charge < -0.3 is 9.30 Å². The van der Waals surface area contributed by atoms with Crippen LogP contribution in [0.3, 0.4) is 0 Å². The van der Waals surface area contributed by atoms with Crippen LogP contribution in [0, 0.1) is 20.8 Å². The van der Waals surface area contributed by atoms with E-state index in [9.17, 15) is 0 Å². The summed E-state index contributed by atoms with van der Waals surface area (Å²) in [4.78, 5) is 4.62. The third kappa shape index (κ3) is 2.05. The molecule has 2 aromatic rings. The molecule has 0 N–H and O–H groups in total. The van der Waals surface area contributed by atoms with Gasteiger partial charge in [0, 0.05) is 12.6 Å². The molecule has 1 heterocycles. The molecule has 1 aromatic carbocycles. The summed E-state index contributed by atoms with van der Waals surface area (Å²) in [7, 11) is 3.69. The van der Waals surface area contributed by atoms with Gasteiger partial charge in [0.15, 0.2) is 0 Å². The number of hydrogen-bond donors (Lipinski definition) is 0. The lowest BCUT2D eigenvalue weighted by Crippen LogP contribution is -1.94. The maximum Gasteiger partial charge on any atom is 0.128 e. The first-order valence-corrected chi connectivity index (χ1v) is 6.59. The molecule has 0 aliphatic heterocycles. The standard InChI is InChI=1S/C14H17BrN2O/c1-8-6-9(2)12(11(7-8)18-5)13-14(15)17(4)10(3)16-13/h6-7H,1-5H3. The average molecular weight is 309 g/mol. The van der Waals surface area contributed by atoms with Crippen molar-refractivity contribution in [1.29, 1.82) is 0 Å². The van der Waals surface area contributed by atoms with Gasteiger partial charge in [-0.15, -0.1) is 0 Å². The number of imidazole rings is 1. The predicted octanol–water partition coefficient (Wildman–Crippen LogP) is 3.78. The fourth-order valence-electron chi connectivity index (χ4n) is 2.14. The summed E-state index contributed by atoms with van der Waals surface area (Å²) in [5.74, 6) is 1.84. The number of methoxy groups -OCH3 is 1. The van der Waals surface area contributed by atoms with Crippen LogP contribution in [-0.2, 0) is 7.05 Å². The van der Waals surface area contributed by atoms with E-state index in [2.05, 4.69) is 40.8 Å². The van der Waals surface area contributed by atoms with Crippen LogP contribution in [0.1, 0.15) is 17.0 Å². The maximum atomic E-state index is 5.50. The predicted molar refractivity (Wildman–Crippen MR) is 77.1 cm³/mol. The third-order valence-corrected chi connectivity index (χ3v) is 4.06. The molecule has 3 nitrogen and oxygen atoms in total. The van der Waals surface area contributed by atoms with E-state index in [0.717, 1.165) is 27.4 Å². The van der Waals surface area contributed by atoms with Crippen LogP contribution in [0.15, 0.2) is 16.7 Å². The van der Waals surface area contributed by atoms with Gasteiger partial charge in [0.05, 0.1) is 7.11 Å². The van der Waals surface area contributed by atoms with Crippen LogP contribution in [0.5, 0.6) is 5.75 Å². The summed E-state index contributed by atoms with van der Waals surface area (Å²) in [5.41, 5.74) is 4.35. The van der Waals surface area contributed by atoms with Gasteiger partial charge in [0.2, 0.25) is 0 Å². The number of nitrogens with zero attached hydrogens (tertiary/aromatic N) is 2. The number of benzene rings is 1. The summed E-state index contributed by atoms with van der Waals surface area (Å²) < 4.78 is 8.49. The van der Waals surface area contributed by atoms with E-state index < -0.39 is 0 Å². The van der Waals surface area contributed by atoms with Crippen LogP contribution < -0.4 is 4.74 Å². The van der Waals surface area contributed by atoms with Crippen molar-refractivity contribution in [2.45, 2.75) is 20.8 Å². The van der Waals surface area contributed by atoms with Crippen molar-refractivity contribution in [3.63, 3.8) is 0 Å². The number of ether oxygens (including phenoxy) is 1. The minimum atomic E-state index is 0.867. The molecule has 0 amide bonds. The van der Waals surface area contributed by atoms with Crippen molar-refractivity contribution < 1.29 is 4.74 Å². The average Bonchev–Trinajstić information content (AvgIpc) is 2.56. The normalized spacial score (nSPS) is 10.8. The van der Waals surface area contributed by atoms with Crippen molar-refractivity contribution in [3.8, 4) is 17.0 Å². The van der Waals surface area contributed by atoms with Gasteiger partial charge in [-0.25, -0.2) is 4.98 Å². The lowest BCUT2D eigenvalue weighted by Gasteiger charge is -2.11. The Morgan fingerprint density at radius 3 is 2.39 bits per heavy atom. The molecule has 0 fully saturated rings. The Hall–Kier alpha value is -1.29. The van der Waals surface area contributed by atoms with E-state index in [1.54, 1.807) is 7.11 Å². The summed E-state index contributed by atoms with van der Waals surface area (Å²) in [6, 6.07) is 4.19. The molecule has 0 saturated heterocycles. The summed E-state index contributed by atoms with van der Waals surface area (Å²) >= 11 is 3.60. The minimum absolute atomic E-state index is 0.867. The second kappa shape index (κ2) is 4.76. The number of halogens is 1. The van der Waals surface area contributed by atoms with Gasteiger partial charge in [-0.3, -0.25) is 0 Å². The van der Waals surface area contributed by atoms with Crippen LogP contribution >= 0.6 is 15.9 Å². The van der Waals surface area contributed by atoms with Crippen molar-refractivity contribution in [2.24, 2.45) is 7.05 Å². The Labute approximate surface area is 116 Å². The largest absolute Gasteiger partial charge is 0.496 e. The molecule has 0 bridgehead atoms. The molecule has 0 aliphatic rings. The van der Waals surface area contributed by atoms with Gasteiger partial charge in [-0.1, -0.05) is 6.07 Å². The molecule has 1 aromatic heterocycles. The van der Waals surface area contributed by atoms with Gasteiger partial charge in [-0.05, 0) is 53.9 Å². The first kappa shape index (κ1) is 13.1. The molecule has 96 valence electrons. The molecule has 0 radical (unpaired) electrons. The molecule has 2 rings (SSSR count). The first-order valence-electron chi connectivity index (χ1n) is 5.80. The number of hydrogen-bond acceptors (Lipinski definition) is 2. The molecule has 0 spiro atoms. The van der Waals surface area contributed by atoms with Crippen LogP contribution in [0.4, 0.5) is 0 Å². The SMILES string of the molecule is COc1cc(C)cc(C)c1-c1nc(C)n(C)c1Br. The zero-order valence-electron chi connectivity index (χ0n) is 11.3. The van der Waals surface area contributed by atoms with Crippen LogP contribution in [0.25, 0.3) is 11.3 Å². The lowest BCUT2D eigenvalue weighted by molar-refractivity contribution is 0.415. The van der Waals surface area contributed by atoms with Gasteiger partial charge in [-0.2, -0.15) is 0 Å². The molecule has 4 heteroatoms. The quantitative estimate of drug-likeness (QED) is 0.844. The molecule has 0 unspecified atom stereocenters. The highest BCUT2D eigenvalue weighted by Crippen LogP contribution is 2.37. The van der Waals surface area contributed by atoms with Crippen LogP contribution in [-0.4, -0.2) is 16.7 Å². The van der Waals surface area contributed by atoms with Gasteiger partial charge in [0.25, 0.3) is 0 Å². The Morgan fingerprint density at radius 2 is 1.89 bits per heavy atom. The number of aryl methyl sites for hydroxylation is 3. The lowest BCUT2D eigenvalue weighted by atomic mass is 10.0. The van der Waals surface area contributed by atoms with Crippen LogP contribution in [0.2, 0.25) is 0 Å². The smallest absolute Gasteiger partial charge is 0.128 e. The van der Waals surface area contributed by atoms with E-state index in [1.807, 2.05) is 24.6 Å². The third-order valence-electron chi connectivity index (χ3n) is 3.15. The highest BCUT2D eigenvalue weighted by atomic mass is 79.9.